The molecule has 128 valence electrons. The highest BCUT2D eigenvalue weighted by Gasteiger charge is 2.41. The summed E-state index contributed by atoms with van der Waals surface area (Å²) >= 11 is 11.7. The van der Waals surface area contributed by atoms with Gasteiger partial charge < -0.3 is 10.6 Å². The predicted octanol–water partition coefficient (Wildman–Crippen LogP) is 2.63. The third-order valence-electron chi connectivity index (χ3n) is 3.46. The number of hydrogen-bond acceptors (Lipinski definition) is 4. The van der Waals surface area contributed by atoms with E-state index in [9.17, 15) is 18.6 Å². The summed E-state index contributed by atoms with van der Waals surface area (Å²) in [6.45, 7) is 0. The van der Waals surface area contributed by atoms with Gasteiger partial charge in [-0.05, 0) is 30.3 Å². The van der Waals surface area contributed by atoms with E-state index >= 15 is 0 Å². The second-order valence-electron chi connectivity index (χ2n) is 5.11. The van der Waals surface area contributed by atoms with Gasteiger partial charge >= 0.3 is 0 Å². The van der Waals surface area contributed by atoms with Gasteiger partial charge in [0.2, 0.25) is 11.7 Å². The van der Waals surface area contributed by atoms with Crippen LogP contribution in [0.4, 0.5) is 11.4 Å². The number of Topliss-reactive ketones (excluding diaryl/α,β-unsaturated/α-hetero) is 1. The SMILES string of the molecule is O=C(Nc1ccc(Cl)cc1Cl)C(=O)[C@@H]1C(=O)Nc2ccccc2[S@@]1=O. The molecule has 0 spiro atoms. The fourth-order valence-electron chi connectivity index (χ4n) is 2.28. The van der Waals surface area contributed by atoms with Crippen LogP contribution in [-0.4, -0.2) is 27.1 Å². The molecule has 0 aliphatic carbocycles. The number of benzene rings is 2. The Balaban J connectivity index is 1.84. The Morgan fingerprint density at radius 2 is 1.84 bits per heavy atom. The molecule has 2 aromatic rings. The molecule has 0 unspecified atom stereocenters. The summed E-state index contributed by atoms with van der Waals surface area (Å²) < 4.78 is 12.5. The van der Waals surface area contributed by atoms with E-state index in [0.29, 0.717) is 10.7 Å². The van der Waals surface area contributed by atoms with Crippen molar-refractivity contribution in [2.75, 3.05) is 10.6 Å². The normalized spacial score (nSPS) is 18.9. The van der Waals surface area contributed by atoms with Crippen molar-refractivity contribution in [3.8, 4) is 0 Å². The van der Waals surface area contributed by atoms with E-state index in [1.807, 2.05) is 0 Å². The number of anilines is 2. The molecule has 0 radical (unpaired) electrons. The molecule has 1 aliphatic rings. The molecule has 1 heterocycles. The smallest absolute Gasteiger partial charge is 0.293 e. The maximum Gasteiger partial charge on any atom is 0.293 e. The molecular formula is C16H10Cl2N2O4S. The highest BCUT2D eigenvalue weighted by atomic mass is 35.5. The minimum Gasteiger partial charge on any atom is -0.324 e. The second-order valence-corrected chi connectivity index (χ2v) is 7.46. The molecule has 9 heteroatoms. The molecule has 3 rings (SSSR count). The van der Waals surface area contributed by atoms with Crippen LogP contribution in [-0.2, 0) is 25.2 Å². The van der Waals surface area contributed by atoms with E-state index in [4.69, 9.17) is 23.2 Å². The van der Waals surface area contributed by atoms with Crippen LogP contribution in [0.5, 0.6) is 0 Å². The Labute approximate surface area is 155 Å². The highest BCUT2D eigenvalue weighted by molar-refractivity contribution is 7.87. The van der Waals surface area contributed by atoms with Gasteiger partial charge in [-0.2, -0.15) is 0 Å². The largest absolute Gasteiger partial charge is 0.324 e. The minimum absolute atomic E-state index is 0.133. The Morgan fingerprint density at radius 3 is 2.56 bits per heavy atom. The van der Waals surface area contributed by atoms with Crippen molar-refractivity contribution in [3.63, 3.8) is 0 Å². The lowest BCUT2D eigenvalue weighted by Crippen LogP contribution is -2.46. The van der Waals surface area contributed by atoms with Crippen molar-refractivity contribution in [2.24, 2.45) is 0 Å². The van der Waals surface area contributed by atoms with Crippen molar-refractivity contribution in [3.05, 3.63) is 52.5 Å². The molecule has 2 atom stereocenters. The Hall–Kier alpha value is -2.22. The average molecular weight is 397 g/mol. The van der Waals surface area contributed by atoms with Crippen LogP contribution in [0.2, 0.25) is 10.0 Å². The third kappa shape index (κ3) is 3.44. The quantitative estimate of drug-likeness (QED) is 0.615. The van der Waals surface area contributed by atoms with Crippen LogP contribution >= 0.6 is 23.2 Å². The second kappa shape index (κ2) is 6.95. The summed E-state index contributed by atoms with van der Waals surface area (Å²) in [6, 6.07) is 10.7. The summed E-state index contributed by atoms with van der Waals surface area (Å²) in [7, 11) is -1.98. The summed E-state index contributed by atoms with van der Waals surface area (Å²) in [6.07, 6.45) is 0. The Morgan fingerprint density at radius 1 is 1.12 bits per heavy atom. The lowest BCUT2D eigenvalue weighted by atomic mass is 10.2. The number of rotatable bonds is 3. The Bertz CT molecular complexity index is 932. The van der Waals surface area contributed by atoms with Gasteiger partial charge in [-0.3, -0.25) is 18.6 Å². The molecule has 2 N–H and O–H groups in total. The van der Waals surface area contributed by atoms with Crippen molar-refractivity contribution in [1.29, 1.82) is 0 Å². The number of ketones is 1. The van der Waals surface area contributed by atoms with E-state index in [0.717, 1.165) is 0 Å². The lowest BCUT2D eigenvalue weighted by Gasteiger charge is -2.22. The number of hydrogen-bond donors (Lipinski definition) is 2. The molecule has 2 amide bonds. The molecule has 2 aromatic carbocycles. The van der Waals surface area contributed by atoms with Crippen LogP contribution in [0.3, 0.4) is 0 Å². The number of amides is 2. The molecule has 0 saturated heterocycles. The molecule has 25 heavy (non-hydrogen) atoms. The maximum absolute atomic E-state index is 12.5. The van der Waals surface area contributed by atoms with Crippen LogP contribution in [0.25, 0.3) is 0 Å². The molecule has 0 bridgehead atoms. The number of carbonyl (C=O) groups is 3. The fourth-order valence-corrected chi connectivity index (χ4v) is 4.09. The molecule has 1 aliphatic heterocycles. The molecular weight excluding hydrogens is 387 g/mol. The van der Waals surface area contributed by atoms with Gasteiger partial charge in [0.25, 0.3) is 5.91 Å². The average Bonchev–Trinajstić information content (AvgIpc) is 2.57. The van der Waals surface area contributed by atoms with Gasteiger partial charge in [0, 0.05) is 5.02 Å². The summed E-state index contributed by atoms with van der Waals surface area (Å²) in [5, 5.41) is 3.66. The topological polar surface area (TPSA) is 92.3 Å². The van der Waals surface area contributed by atoms with Crippen molar-refractivity contribution in [1.82, 2.24) is 0 Å². The highest BCUT2D eigenvalue weighted by Crippen LogP contribution is 2.28. The van der Waals surface area contributed by atoms with Crippen LogP contribution in [0.1, 0.15) is 0 Å². The Kier molecular flexibility index (Phi) is 4.89. The van der Waals surface area contributed by atoms with E-state index in [2.05, 4.69) is 10.6 Å². The minimum atomic E-state index is -1.98. The predicted molar refractivity (Wildman–Crippen MR) is 95.4 cm³/mol. The number of carbonyl (C=O) groups excluding carboxylic acids is 3. The number of para-hydroxylation sites is 1. The first-order valence-electron chi connectivity index (χ1n) is 6.99. The number of fused-ring (bicyclic) bond motifs is 1. The first-order chi connectivity index (χ1) is 11.9. The maximum atomic E-state index is 12.5. The van der Waals surface area contributed by atoms with Gasteiger partial charge in [-0.15, -0.1) is 0 Å². The van der Waals surface area contributed by atoms with Gasteiger partial charge in [-0.25, -0.2) is 0 Å². The van der Waals surface area contributed by atoms with Crippen molar-refractivity contribution in [2.45, 2.75) is 10.1 Å². The van der Waals surface area contributed by atoms with Gasteiger partial charge in [0.1, 0.15) is 0 Å². The number of halogens is 2. The zero-order valence-electron chi connectivity index (χ0n) is 12.4. The molecule has 0 fully saturated rings. The van der Waals surface area contributed by atoms with Gasteiger partial charge in [-0.1, -0.05) is 35.3 Å². The van der Waals surface area contributed by atoms with Gasteiger partial charge in [0.15, 0.2) is 5.25 Å². The summed E-state index contributed by atoms with van der Waals surface area (Å²) in [4.78, 5) is 37.0. The summed E-state index contributed by atoms with van der Waals surface area (Å²) in [5.74, 6) is -2.99. The van der Waals surface area contributed by atoms with E-state index in [1.54, 1.807) is 18.2 Å². The van der Waals surface area contributed by atoms with E-state index in [1.165, 1.54) is 24.3 Å². The van der Waals surface area contributed by atoms with Crippen molar-refractivity contribution >= 4 is 63.0 Å². The molecule has 6 nitrogen and oxygen atoms in total. The van der Waals surface area contributed by atoms with E-state index < -0.39 is 33.6 Å². The van der Waals surface area contributed by atoms with Crippen molar-refractivity contribution < 1.29 is 18.6 Å². The first kappa shape index (κ1) is 17.6. The molecule has 0 saturated carbocycles. The van der Waals surface area contributed by atoms with Crippen LogP contribution in [0.15, 0.2) is 47.4 Å². The summed E-state index contributed by atoms with van der Waals surface area (Å²) in [5.41, 5.74) is 0.517. The monoisotopic (exact) mass is 396 g/mol. The zero-order chi connectivity index (χ0) is 18.1. The fraction of sp³-hybridized carbons (Fsp3) is 0.0625. The lowest BCUT2D eigenvalue weighted by molar-refractivity contribution is -0.136. The first-order valence-corrected chi connectivity index (χ1v) is 8.96. The van der Waals surface area contributed by atoms with Crippen LogP contribution in [0, 0.1) is 0 Å². The third-order valence-corrected chi connectivity index (χ3v) is 5.65. The number of nitrogens with one attached hydrogen (secondary N) is 2. The van der Waals surface area contributed by atoms with E-state index in [-0.39, 0.29) is 15.6 Å². The molecule has 0 aromatic heterocycles. The standard InChI is InChI=1S/C16H10Cl2N2O4S/c17-8-5-6-10(9(18)7-8)19-15(22)13(21)14-16(23)20-11-3-1-2-4-12(11)25(14)24/h1-7,14H,(H,19,22)(H,20,23)/t14-,25+/m1/s1. The zero-order valence-corrected chi connectivity index (χ0v) is 14.7. The van der Waals surface area contributed by atoms with Crippen LogP contribution < -0.4 is 10.6 Å². The van der Waals surface area contributed by atoms with Gasteiger partial charge in [0.05, 0.1) is 32.1 Å².